The van der Waals surface area contributed by atoms with Gasteiger partial charge >= 0.3 is 5.97 Å². The van der Waals surface area contributed by atoms with Crippen LogP contribution in [0.1, 0.15) is 45.2 Å². The molecule has 4 nitrogen and oxygen atoms in total. The van der Waals surface area contributed by atoms with Gasteiger partial charge in [0.15, 0.2) is 0 Å². The maximum atomic E-state index is 12.1. The molecule has 2 aromatic rings. The first kappa shape index (κ1) is 19.4. The van der Waals surface area contributed by atoms with Crippen LogP contribution in [0.2, 0.25) is 0 Å². The lowest BCUT2D eigenvalue weighted by Crippen LogP contribution is -2.08. The van der Waals surface area contributed by atoms with Crippen LogP contribution in [0.15, 0.2) is 42.5 Å². The number of carbonyl (C=O) groups is 2. The largest absolute Gasteiger partial charge is 0.496 e. The molecule has 0 radical (unpaired) electrons. The number of methoxy groups -OCH3 is 1. The predicted molar refractivity (Wildman–Crippen MR) is 106 cm³/mol. The van der Waals surface area contributed by atoms with Gasteiger partial charge in [0.2, 0.25) is 3.79 Å². The minimum absolute atomic E-state index is 0.0829. The van der Waals surface area contributed by atoms with Crippen molar-refractivity contribution in [3.63, 3.8) is 0 Å². The molecule has 0 aromatic heterocycles. The van der Waals surface area contributed by atoms with Crippen molar-refractivity contribution in [1.82, 2.24) is 0 Å². The first-order valence-electron chi connectivity index (χ1n) is 8.18. The van der Waals surface area contributed by atoms with Gasteiger partial charge in [-0.1, -0.05) is 31.5 Å². The molecule has 0 heterocycles. The fourth-order valence-corrected chi connectivity index (χ4v) is 2.93. The zero-order chi connectivity index (χ0) is 18.2. The van der Waals surface area contributed by atoms with Gasteiger partial charge in [0.1, 0.15) is 5.75 Å². The third-order valence-corrected chi connectivity index (χ3v) is 4.41. The summed E-state index contributed by atoms with van der Waals surface area (Å²) < 4.78 is 10.4. The van der Waals surface area contributed by atoms with Crippen LogP contribution in [0.3, 0.4) is 0 Å². The normalized spacial score (nSPS) is 10.4. The Morgan fingerprint density at radius 1 is 1.00 bits per heavy atom. The average Bonchev–Trinajstić information content (AvgIpc) is 2.62. The number of carbonyl (C=O) groups excluding carboxylic acids is 2. The van der Waals surface area contributed by atoms with Crippen LogP contribution >= 0.6 is 22.6 Å². The van der Waals surface area contributed by atoms with Gasteiger partial charge in [-0.3, -0.25) is 4.79 Å². The van der Waals surface area contributed by atoms with Crippen molar-refractivity contribution >= 4 is 32.4 Å². The summed E-state index contributed by atoms with van der Waals surface area (Å²) in [6.45, 7) is 2.38. The Labute approximate surface area is 161 Å². The highest BCUT2D eigenvalue weighted by molar-refractivity contribution is 14.1. The lowest BCUT2D eigenvalue weighted by molar-refractivity contribution is 0.0509. The SMILES string of the molecule is CCCc1ccc(C(=O)OCCc2ccc(OC)c(C(=O)I)c2)cc1. The van der Waals surface area contributed by atoms with Crippen LogP contribution in [0, 0.1) is 0 Å². The van der Waals surface area contributed by atoms with E-state index in [4.69, 9.17) is 9.47 Å². The van der Waals surface area contributed by atoms with Crippen LogP contribution in [0.5, 0.6) is 5.75 Å². The standard InChI is InChI=1S/C20H21IO4/c1-3-4-14-5-8-16(9-6-14)20(23)25-12-11-15-7-10-18(24-2)17(13-15)19(21)22/h5-10,13H,3-4,11-12H2,1-2H3. The second kappa shape index (κ2) is 9.56. The summed E-state index contributed by atoms with van der Waals surface area (Å²) in [5.74, 6) is 0.217. The molecule has 0 atom stereocenters. The van der Waals surface area contributed by atoms with E-state index in [9.17, 15) is 9.59 Å². The molecule has 0 aliphatic rings. The predicted octanol–water partition coefficient (Wildman–Crippen LogP) is 4.62. The fourth-order valence-electron chi connectivity index (χ4n) is 2.51. The van der Waals surface area contributed by atoms with E-state index < -0.39 is 0 Å². The number of rotatable bonds is 8. The Kier molecular flexibility index (Phi) is 7.43. The molecule has 0 saturated carbocycles. The Morgan fingerprint density at radius 2 is 1.68 bits per heavy atom. The Bertz CT molecular complexity index is 738. The molecule has 0 bridgehead atoms. The number of aryl methyl sites for hydroxylation is 1. The molecular weight excluding hydrogens is 431 g/mol. The van der Waals surface area contributed by atoms with Gasteiger partial charge in [-0.25, -0.2) is 4.79 Å². The van der Waals surface area contributed by atoms with Gasteiger partial charge in [-0.05, 0) is 41.8 Å². The van der Waals surface area contributed by atoms with Crippen LogP contribution in [-0.2, 0) is 17.6 Å². The van der Waals surface area contributed by atoms with Crippen molar-refractivity contribution < 1.29 is 19.1 Å². The van der Waals surface area contributed by atoms with Crippen LogP contribution in [-0.4, -0.2) is 23.5 Å². The summed E-state index contributed by atoms with van der Waals surface area (Å²) in [7, 11) is 1.53. The highest BCUT2D eigenvalue weighted by Gasteiger charge is 2.11. The topological polar surface area (TPSA) is 52.6 Å². The van der Waals surface area contributed by atoms with E-state index in [0.717, 1.165) is 18.4 Å². The minimum atomic E-state index is -0.332. The monoisotopic (exact) mass is 452 g/mol. The second-order valence-electron chi connectivity index (χ2n) is 5.64. The number of benzene rings is 2. The lowest BCUT2D eigenvalue weighted by Gasteiger charge is -2.09. The molecule has 2 rings (SSSR count). The summed E-state index contributed by atoms with van der Waals surface area (Å²) in [6.07, 6.45) is 2.62. The summed E-state index contributed by atoms with van der Waals surface area (Å²) in [4.78, 5) is 23.7. The minimum Gasteiger partial charge on any atom is -0.496 e. The highest BCUT2D eigenvalue weighted by Crippen LogP contribution is 2.23. The Balaban J connectivity index is 1.92. The van der Waals surface area contributed by atoms with E-state index >= 15 is 0 Å². The zero-order valence-electron chi connectivity index (χ0n) is 14.4. The number of halogens is 1. The van der Waals surface area contributed by atoms with Gasteiger partial charge in [0.25, 0.3) is 0 Å². The lowest BCUT2D eigenvalue weighted by atomic mass is 10.1. The van der Waals surface area contributed by atoms with Crippen molar-refractivity contribution in [3.05, 3.63) is 64.7 Å². The van der Waals surface area contributed by atoms with Gasteiger partial charge in [0.05, 0.1) is 24.8 Å². The second-order valence-corrected chi connectivity index (χ2v) is 6.62. The third kappa shape index (κ3) is 5.56. The van der Waals surface area contributed by atoms with Crippen LogP contribution in [0.4, 0.5) is 0 Å². The number of hydrogen-bond donors (Lipinski definition) is 0. The van der Waals surface area contributed by atoms with Gasteiger partial charge in [-0.15, -0.1) is 0 Å². The van der Waals surface area contributed by atoms with E-state index in [1.807, 2.05) is 18.2 Å². The van der Waals surface area contributed by atoms with Crippen molar-refractivity contribution in [3.8, 4) is 5.75 Å². The fraction of sp³-hybridized carbons (Fsp3) is 0.300. The molecule has 5 heteroatoms. The van der Waals surface area contributed by atoms with E-state index in [2.05, 4.69) is 6.92 Å². The van der Waals surface area contributed by atoms with Crippen molar-refractivity contribution in [2.45, 2.75) is 26.2 Å². The van der Waals surface area contributed by atoms with E-state index in [1.54, 1.807) is 46.9 Å². The summed E-state index contributed by atoms with van der Waals surface area (Å²) in [6, 6.07) is 12.9. The molecule has 0 fully saturated rings. The highest BCUT2D eigenvalue weighted by atomic mass is 127. The first-order valence-corrected chi connectivity index (χ1v) is 9.25. The van der Waals surface area contributed by atoms with Crippen LogP contribution < -0.4 is 4.74 Å². The average molecular weight is 452 g/mol. The van der Waals surface area contributed by atoms with E-state index in [1.165, 1.54) is 12.7 Å². The van der Waals surface area contributed by atoms with Gasteiger partial charge < -0.3 is 9.47 Å². The molecule has 0 spiro atoms. The van der Waals surface area contributed by atoms with Crippen molar-refractivity contribution in [1.29, 1.82) is 0 Å². The zero-order valence-corrected chi connectivity index (χ0v) is 16.5. The van der Waals surface area contributed by atoms with Gasteiger partial charge in [-0.2, -0.15) is 0 Å². The molecule has 0 amide bonds. The Morgan fingerprint density at radius 3 is 2.28 bits per heavy atom. The molecule has 25 heavy (non-hydrogen) atoms. The molecule has 0 unspecified atom stereocenters. The van der Waals surface area contributed by atoms with Crippen molar-refractivity contribution in [2.75, 3.05) is 13.7 Å². The first-order chi connectivity index (χ1) is 12.0. The maximum Gasteiger partial charge on any atom is 0.338 e. The smallest absolute Gasteiger partial charge is 0.338 e. The molecule has 2 aromatic carbocycles. The molecular formula is C20H21IO4. The maximum absolute atomic E-state index is 12.1. The van der Waals surface area contributed by atoms with Gasteiger partial charge in [0, 0.05) is 29.0 Å². The third-order valence-electron chi connectivity index (χ3n) is 3.83. The molecule has 132 valence electrons. The van der Waals surface area contributed by atoms with Crippen LogP contribution in [0.25, 0.3) is 0 Å². The molecule has 0 aliphatic carbocycles. The molecule has 0 saturated heterocycles. The number of hydrogen-bond acceptors (Lipinski definition) is 4. The quantitative estimate of drug-likeness (QED) is 0.333. The van der Waals surface area contributed by atoms with E-state index in [0.29, 0.717) is 23.3 Å². The summed E-state index contributed by atoms with van der Waals surface area (Å²) in [5, 5.41) is 0. The molecule has 0 aliphatic heterocycles. The Hall–Kier alpha value is -1.89. The number of ether oxygens (including phenoxy) is 2. The molecule has 0 N–H and O–H groups in total. The summed E-state index contributed by atoms with van der Waals surface area (Å²) >= 11 is 1.73. The summed E-state index contributed by atoms with van der Waals surface area (Å²) in [5.41, 5.74) is 3.22. The van der Waals surface area contributed by atoms with Crippen molar-refractivity contribution in [2.24, 2.45) is 0 Å². The number of esters is 1. The van der Waals surface area contributed by atoms with E-state index in [-0.39, 0.29) is 16.4 Å².